The molecule has 1 aromatic heterocycles. The smallest absolute Gasteiger partial charge is 0.236 e. The van der Waals surface area contributed by atoms with Crippen molar-refractivity contribution < 1.29 is 4.79 Å². The van der Waals surface area contributed by atoms with Crippen LogP contribution in [0.5, 0.6) is 0 Å². The Bertz CT molecular complexity index is 940. The number of hydrogen-bond donors (Lipinski definition) is 0. The van der Waals surface area contributed by atoms with Crippen LogP contribution in [-0.2, 0) is 17.9 Å². The van der Waals surface area contributed by atoms with E-state index < -0.39 is 0 Å². The molecule has 0 saturated heterocycles. The highest BCUT2D eigenvalue weighted by atomic mass is 32.2. The van der Waals surface area contributed by atoms with E-state index in [9.17, 15) is 4.79 Å². The third kappa shape index (κ3) is 5.15. The van der Waals surface area contributed by atoms with Gasteiger partial charge in [-0.1, -0.05) is 78.5 Å². The number of allylic oxidation sites excluding steroid dienone is 1. The Morgan fingerprint density at radius 1 is 1.14 bits per heavy atom. The first kappa shape index (κ1) is 20.9. The second-order valence-electron chi connectivity index (χ2n) is 6.67. The van der Waals surface area contributed by atoms with Crippen LogP contribution in [0.1, 0.15) is 19.4 Å². The number of amides is 1. The SMILES string of the molecule is C=CCn1c(SC(C)C(=O)N(CC)Cc2ccccc2)nnc1-c1ccccc1. The minimum Gasteiger partial charge on any atom is -0.338 e. The van der Waals surface area contributed by atoms with Crippen molar-refractivity contribution in [3.05, 3.63) is 78.9 Å². The molecule has 1 unspecified atom stereocenters. The molecule has 0 bridgehead atoms. The minimum atomic E-state index is -0.268. The largest absolute Gasteiger partial charge is 0.338 e. The van der Waals surface area contributed by atoms with Crippen LogP contribution in [0.4, 0.5) is 0 Å². The maximum absolute atomic E-state index is 13.1. The lowest BCUT2D eigenvalue weighted by molar-refractivity contribution is -0.130. The van der Waals surface area contributed by atoms with Gasteiger partial charge >= 0.3 is 0 Å². The van der Waals surface area contributed by atoms with Gasteiger partial charge in [-0.25, -0.2) is 0 Å². The molecule has 0 saturated carbocycles. The van der Waals surface area contributed by atoms with E-state index in [0.29, 0.717) is 19.6 Å². The molecular weight excluding hydrogens is 380 g/mol. The number of rotatable bonds is 9. The Labute approximate surface area is 176 Å². The van der Waals surface area contributed by atoms with Crippen molar-refractivity contribution in [3.8, 4) is 11.4 Å². The van der Waals surface area contributed by atoms with Crippen LogP contribution in [0, 0.1) is 0 Å². The van der Waals surface area contributed by atoms with Crippen molar-refractivity contribution in [2.24, 2.45) is 0 Å². The van der Waals surface area contributed by atoms with Gasteiger partial charge in [-0.05, 0) is 19.4 Å². The summed E-state index contributed by atoms with van der Waals surface area (Å²) in [5.74, 6) is 0.875. The first-order valence-electron chi connectivity index (χ1n) is 9.73. The van der Waals surface area contributed by atoms with Crippen LogP contribution in [0.2, 0.25) is 0 Å². The minimum absolute atomic E-state index is 0.0933. The number of thioether (sulfide) groups is 1. The highest BCUT2D eigenvalue weighted by Crippen LogP contribution is 2.28. The maximum atomic E-state index is 13.1. The predicted molar refractivity (Wildman–Crippen MR) is 119 cm³/mol. The molecular formula is C23H26N4OS. The van der Waals surface area contributed by atoms with E-state index in [0.717, 1.165) is 22.1 Å². The van der Waals surface area contributed by atoms with Crippen molar-refractivity contribution in [1.82, 2.24) is 19.7 Å². The average Bonchev–Trinajstić information content (AvgIpc) is 3.15. The van der Waals surface area contributed by atoms with Crippen LogP contribution in [0.25, 0.3) is 11.4 Å². The monoisotopic (exact) mass is 406 g/mol. The highest BCUT2D eigenvalue weighted by molar-refractivity contribution is 8.00. The Morgan fingerprint density at radius 2 is 1.79 bits per heavy atom. The summed E-state index contributed by atoms with van der Waals surface area (Å²) in [4.78, 5) is 14.9. The molecule has 6 heteroatoms. The van der Waals surface area contributed by atoms with Crippen LogP contribution in [-0.4, -0.2) is 37.4 Å². The zero-order valence-electron chi connectivity index (χ0n) is 16.9. The van der Waals surface area contributed by atoms with Crippen LogP contribution in [0.15, 0.2) is 78.5 Å². The number of aromatic nitrogens is 3. The Morgan fingerprint density at radius 3 is 2.41 bits per heavy atom. The van der Waals surface area contributed by atoms with Gasteiger partial charge in [0.2, 0.25) is 5.91 Å². The average molecular weight is 407 g/mol. The summed E-state index contributed by atoms with van der Waals surface area (Å²) < 4.78 is 2.00. The summed E-state index contributed by atoms with van der Waals surface area (Å²) in [7, 11) is 0. The highest BCUT2D eigenvalue weighted by Gasteiger charge is 2.24. The molecule has 0 aliphatic carbocycles. The fourth-order valence-electron chi connectivity index (χ4n) is 3.09. The van der Waals surface area contributed by atoms with E-state index in [1.165, 1.54) is 11.8 Å². The van der Waals surface area contributed by atoms with Gasteiger partial charge in [0.25, 0.3) is 0 Å². The molecule has 2 aromatic carbocycles. The molecule has 0 aliphatic rings. The zero-order chi connectivity index (χ0) is 20.6. The summed E-state index contributed by atoms with van der Waals surface area (Å²) in [5.41, 5.74) is 2.12. The van der Waals surface area contributed by atoms with Crippen molar-refractivity contribution in [1.29, 1.82) is 0 Å². The Hall–Kier alpha value is -2.86. The lowest BCUT2D eigenvalue weighted by atomic mass is 10.2. The normalized spacial score (nSPS) is 11.8. The molecule has 0 aliphatic heterocycles. The summed E-state index contributed by atoms with van der Waals surface area (Å²) in [6.45, 7) is 9.64. The molecule has 3 rings (SSSR count). The fourth-order valence-corrected chi connectivity index (χ4v) is 4.03. The van der Waals surface area contributed by atoms with Gasteiger partial charge in [-0.3, -0.25) is 9.36 Å². The second kappa shape index (κ2) is 10.1. The molecule has 0 N–H and O–H groups in total. The van der Waals surface area contributed by atoms with Crippen molar-refractivity contribution in [2.45, 2.75) is 37.3 Å². The molecule has 1 atom stereocenters. The van der Waals surface area contributed by atoms with E-state index in [2.05, 4.69) is 16.8 Å². The third-order valence-corrected chi connectivity index (χ3v) is 5.67. The molecule has 1 heterocycles. The van der Waals surface area contributed by atoms with Crippen molar-refractivity contribution >= 4 is 17.7 Å². The second-order valence-corrected chi connectivity index (χ2v) is 7.98. The number of carbonyl (C=O) groups excluding carboxylic acids is 1. The standard InChI is InChI=1S/C23H26N4OS/c1-4-16-27-21(20-14-10-7-11-15-20)24-25-23(27)29-18(3)22(28)26(5-2)17-19-12-8-6-9-13-19/h4,6-15,18H,1,5,16-17H2,2-3H3. The number of hydrogen-bond acceptors (Lipinski definition) is 4. The first-order valence-corrected chi connectivity index (χ1v) is 10.6. The zero-order valence-corrected chi connectivity index (χ0v) is 17.7. The predicted octanol–water partition coefficient (Wildman–Crippen LogP) is 4.66. The lowest BCUT2D eigenvalue weighted by Crippen LogP contribution is -2.36. The van der Waals surface area contributed by atoms with Gasteiger partial charge in [0.15, 0.2) is 11.0 Å². The molecule has 1 amide bonds. The van der Waals surface area contributed by atoms with Gasteiger partial charge < -0.3 is 4.90 Å². The number of carbonyl (C=O) groups is 1. The van der Waals surface area contributed by atoms with E-state index in [4.69, 9.17) is 0 Å². The van der Waals surface area contributed by atoms with Gasteiger partial charge in [0, 0.05) is 25.2 Å². The van der Waals surface area contributed by atoms with Crippen LogP contribution >= 0.6 is 11.8 Å². The van der Waals surface area contributed by atoms with Crippen molar-refractivity contribution in [2.75, 3.05) is 6.54 Å². The summed E-state index contributed by atoms with van der Waals surface area (Å²) in [5, 5.41) is 9.18. The van der Waals surface area contributed by atoms with E-state index >= 15 is 0 Å². The van der Waals surface area contributed by atoms with Crippen LogP contribution in [0.3, 0.4) is 0 Å². The first-order chi connectivity index (χ1) is 14.1. The summed E-state index contributed by atoms with van der Waals surface area (Å²) in [6.07, 6.45) is 1.82. The molecule has 29 heavy (non-hydrogen) atoms. The Balaban J connectivity index is 1.77. The quantitative estimate of drug-likeness (QED) is 0.383. The lowest BCUT2D eigenvalue weighted by Gasteiger charge is -2.24. The fraction of sp³-hybridized carbons (Fsp3) is 0.261. The summed E-state index contributed by atoms with van der Waals surface area (Å²) in [6, 6.07) is 20.0. The van der Waals surface area contributed by atoms with E-state index in [1.807, 2.05) is 90.1 Å². The van der Waals surface area contributed by atoms with Gasteiger partial charge in [-0.15, -0.1) is 16.8 Å². The molecule has 150 valence electrons. The van der Waals surface area contributed by atoms with Gasteiger partial charge in [0.1, 0.15) is 0 Å². The van der Waals surface area contributed by atoms with E-state index in [1.54, 1.807) is 0 Å². The molecule has 0 spiro atoms. The van der Waals surface area contributed by atoms with Gasteiger partial charge in [0.05, 0.1) is 5.25 Å². The summed E-state index contributed by atoms with van der Waals surface area (Å²) >= 11 is 1.44. The molecule has 3 aromatic rings. The molecule has 0 radical (unpaired) electrons. The topological polar surface area (TPSA) is 51.0 Å². The molecule has 0 fully saturated rings. The van der Waals surface area contributed by atoms with Crippen molar-refractivity contribution in [3.63, 3.8) is 0 Å². The third-order valence-electron chi connectivity index (χ3n) is 4.60. The van der Waals surface area contributed by atoms with Crippen LogP contribution < -0.4 is 0 Å². The van der Waals surface area contributed by atoms with E-state index in [-0.39, 0.29) is 11.2 Å². The number of benzene rings is 2. The molecule has 5 nitrogen and oxygen atoms in total. The van der Waals surface area contributed by atoms with Gasteiger partial charge in [-0.2, -0.15) is 0 Å². The number of nitrogens with zero attached hydrogens (tertiary/aromatic N) is 4. The maximum Gasteiger partial charge on any atom is 0.236 e. The Kier molecular flexibility index (Phi) is 7.25.